The Morgan fingerprint density at radius 2 is 1.67 bits per heavy atom. The monoisotopic (exact) mass is 455 g/mol. The third-order valence-electron chi connectivity index (χ3n) is 5.27. The molecule has 0 atom stereocenters. The van der Waals surface area contributed by atoms with Gasteiger partial charge in [-0.15, -0.1) is 0 Å². The molecule has 0 aliphatic carbocycles. The number of carbonyl (C=O) groups excluding carboxylic acids is 1. The third-order valence-corrected chi connectivity index (χ3v) is 6.12. The Morgan fingerprint density at radius 3 is 2.39 bits per heavy atom. The molecule has 166 valence electrons. The Labute approximate surface area is 198 Å². The van der Waals surface area contributed by atoms with E-state index in [0.29, 0.717) is 11.4 Å². The Bertz CT molecular complexity index is 1260. The molecule has 0 bridgehead atoms. The first-order valence-electron chi connectivity index (χ1n) is 10.6. The van der Waals surface area contributed by atoms with Gasteiger partial charge >= 0.3 is 0 Å². The summed E-state index contributed by atoms with van der Waals surface area (Å²) in [6.45, 7) is 4.14. The molecule has 0 saturated carbocycles. The van der Waals surface area contributed by atoms with Crippen LogP contribution in [0.1, 0.15) is 21.6 Å². The molecular formula is C27H25N3O2S. The van der Waals surface area contributed by atoms with Crippen molar-refractivity contribution in [2.75, 3.05) is 17.1 Å². The Hall–Kier alpha value is -3.77. The zero-order chi connectivity index (χ0) is 23.2. The molecule has 1 amide bonds. The van der Waals surface area contributed by atoms with Crippen LogP contribution in [0.4, 0.5) is 11.4 Å². The highest BCUT2D eigenvalue weighted by molar-refractivity contribution is 8.00. The Kier molecular flexibility index (Phi) is 6.95. The summed E-state index contributed by atoms with van der Waals surface area (Å²) < 4.78 is 8.96. The maximum atomic E-state index is 13.1. The van der Waals surface area contributed by atoms with Gasteiger partial charge in [0.1, 0.15) is 11.4 Å². The zero-order valence-corrected chi connectivity index (χ0v) is 19.6. The second-order valence-electron chi connectivity index (χ2n) is 7.56. The topological polar surface area (TPSA) is 63.2 Å². The van der Waals surface area contributed by atoms with Crippen molar-refractivity contribution in [3.63, 3.8) is 0 Å². The minimum absolute atomic E-state index is 0.265. The maximum absolute atomic E-state index is 13.1. The van der Waals surface area contributed by atoms with E-state index in [4.69, 9.17) is 4.74 Å². The number of aryl methyl sites for hydroxylation is 2. The number of pyridine rings is 1. The van der Waals surface area contributed by atoms with E-state index >= 15 is 0 Å². The number of hydrogen-bond acceptors (Lipinski definition) is 5. The van der Waals surface area contributed by atoms with Crippen molar-refractivity contribution in [1.82, 2.24) is 4.98 Å². The Balaban J connectivity index is 1.57. The van der Waals surface area contributed by atoms with Crippen LogP contribution < -0.4 is 14.8 Å². The molecule has 2 N–H and O–H groups in total. The predicted molar refractivity (Wildman–Crippen MR) is 136 cm³/mol. The molecule has 6 heteroatoms. The molecular weight excluding hydrogens is 430 g/mol. The third kappa shape index (κ3) is 5.18. The minimum atomic E-state index is -0.265. The maximum Gasteiger partial charge on any atom is 0.274 e. The first-order chi connectivity index (χ1) is 16.1. The second kappa shape index (κ2) is 10.2. The van der Waals surface area contributed by atoms with Crippen LogP contribution in [-0.4, -0.2) is 18.0 Å². The smallest absolute Gasteiger partial charge is 0.274 e. The van der Waals surface area contributed by atoms with Gasteiger partial charge in [-0.05, 0) is 66.8 Å². The fraction of sp³-hybridized carbons (Fsp3) is 0.111. The quantitative estimate of drug-likeness (QED) is 0.302. The van der Waals surface area contributed by atoms with E-state index in [0.717, 1.165) is 38.6 Å². The lowest BCUT2D eigenvalue weighted by molar-refractivity contribution is 0.102. The molecule has 0 unspecified atom stereocenters. The minimum Gasteiger partial charge on any atom is -0.496 e. The van der Waals surface area contributed by atoms with Gasteiger partial charge in [-0.25, -0.2) is 0 Å². The number of ether oxygens (including phenoxy) is 1. The lowest BCUT2D eigenvalue weighted by Gasteiger charge is -2.15. The fourth-order valence-corrected chi connectivity index (χ4v) is 4.51. The number of aromatic nitrogens is 1. The van der Waals surface area contributed by atoms with Crippen molar-refractivity contribution in [2.45, 2.75) is 18.7 Å². The van der Waals surface area contributed by atoms with Crippen molar-refractivity contribution in [2.24, 2.45) is 0 Å². The number of methoxy groups -OCH3 is 1. The number of para-hydroxylation sites is 1. The SMILES string of the molecule is COc1ccc(NC(=O)c2ncccc2-c2ccccc2)cc1SNc1c(C)cccc1C. The Morgan fingerprint density at radius 1 is 0.909 bits per heavy atom. The molecule has 0 radical (unpaired) electrons. The fourth-order valence-electron chi connectivity index (χ4n) is 3.54. The molecule has 0 saturated heterocycles. The van der Waals surface area contributed by atoms with Gasteiger partial charge in [0.05, 0.1) is 17.7 Å². The summed E-state index contributed by atoms with van der Waals surface area (Å²) in [5, 5.41) is 2.98. The van der Waals surface area contributed by atoms with Gasteiger partial charge in [0, 0.05) is 17.4 Å². The summed E-state index contributed by atoms with van der Waals surface area (Å²) in [6.07, 6.45) is 1.63. The first kappa shape index (κ1) is 22.4. The van der Waals surface area contributed by atoms with Crippen LogP contribution in [0.2, 0.25) is 0 Å². The molecule has 0 fully saturated rings. The highest BCUT2D eigenvalue weighted by atomic mass is 32.2. The van der Waals surface area contributed by atoms with Gasteiger partial charge in [0.25, 0.3) is 5.91 Å². The highest BCUT2D eigenvalue weighted by Gasteiger charge is 2.16. The number of anilines is 2. The molecule has 5 nitrogen and oxygen atoms in total. The number of rotatable bonds is 7. The van der Waals surface area contributed by atoms with Crippen LogP contribution in [0.25, 0.3) is 11.1 Å². The molecule has 0 aliphatic rings. The molecule has 3 aromatic carbocycles. The first-order valence-corrected chi connectivity index (χ1v) is 11.4. The molecule has 33 heavy (non-hydrogen) atoms. The van der Waals surface area contributed by atoms with Crippen molar-refractivity contribution in [1.29, 1.82) is 0 Å². The molecule has 1 heterocycles. The van der Waals surface area contributed by atoms with Gasteiger partial charge in [-0.2, -0.15) is 0 Å². The predicted octanol–water partition coefficient (Wildman–Crippen LogP) is 6.75. The lowest BCUT2D eigenvalue weighted by Crippen LogP contribution is -2.15. The molecule has 1 aromatic heterocycles. The van der Waals surface area contributed by atoms with Crippen LogP contribution in [0.3, 0.4) is 0 Å². The summed E-state index contributed by atoms with van der Waals surface area (Å²) in [5.41, 5.74) is 6.16. The van der Waals surface area contributed by atoms with Crippen molar-refractivity contribution in [3.05, 3.63) is 102 Å². The van der Waals surface area contributed by atoms with Crippen LogP contribution in [-0.2, 0) is 0 Å². The molecule has 0 spiro atoms. The van der Waals surface area contributed by atoms with E-state index in [1.165, 1.54) is 11.9 Å². The van der Waals surface area contributed by atoms with Crippen molar-refractivity contribution < 1.29 is 9.53 Å². The van der Waals surface area contributed by atoms with Gasteiger partial charge in [-0.1, -0.05) is 54.6 Å². The van der Waals surface area contributed by atoms with Crippen LogP contribution >= 0.6 is 11.9 Å². The van der Waals surface area contributed by atoms with E-state index in [1.807, 2.05) is 66.7 Å². The number of nitrogens with one attached hydrogen (secondary N) is 2. The largest absolute Gasteiger partial charge is 0.496 e. The lowest BCUT2D eigenvalue weighted by atomic mass is 10.0. The summed E-state index contributed by atoms with van der Waals surface area (Å²) in [7, 11) is 1.64. The normalized spacial score (nSPS) is 10.5. The number of benzene rings is 3. The van der Waals surface area contributed by atoms with Gasteiger partial charge in [0.15, 0.2) is 0 Å². The van der Waals surface area contributed by atoms with Crippen molar-refractivity contribution in [3.8, 4) is 16.9 Å². The van der Waals surface area contributed by atoms with E-state index in [1.54, 1.807) is 13.3 Å². The van der Waals surface area contributed by atoms with Gasteiger partial charge in [0.2, 0.25) is 0 Å². The van der Waals surface area contributed by atoms with Crippen LogP contribution in [0.15, 0.2) is 90.0 Å². The van der Waals surface area contributed by atoms with Gasteiger partial charge in [-0.3, -0.25) is 9.78 Å². The van der Waals surface area contributed by atoms with E-state index in [9.17, 15) is 4.79 Å². The van der Waals surface area contributed by atoms with Crippen LogP contribution in [0.5, 0.6) is 5.75 Å². The number of hydrogen-bond donors (Lipinski definition) is 2. The average Bonchev–Trinajstić information content (AvgIpc) is 2.84. The number of carbonyl (C=O) groups is 1. The molecule has 4 rings (SSSR count). The summed E-state index contributed by atoms with van der Waals surface area (Å²) in [5.74, 6) is 0.456. The second-order valence-corrected chi connectivity index (χ2v) is 8.40. The summed E-state index contributed by atoms with van der Waals surface area (Å²) in [6, 6.07) is 25.3. The highest BCUT2D eigenvalue weighted by Crippen LogP contribution is 2.34. The van der Waals surface area contributed by atoms with Crippen molar-refractivity contribution >= 4 is 29.2 Å². The van der Waals surface area contributed by atoms with E-state index in [2.05, 4.69) is 41.0 Å². The van der Waals surface area contributed by atoms with E-state index < -0.39 is 0 Å². The van der Waals surface area contributed by atoms with Gasteiger partial charge < -0.3 is 14.8 Å². The van der Waals surface area contributed by atoms with E-state index in [-0.39, 0.29) is 5.91 Å². The summed E-state index contributed by atoms with van der Waals surface area (Å²) in [4.78, 5) is 18.3. The average molecular weight is 456 g/mol. The molecule has 0 aliphatic heterocycles. The zero-order valence-electron chi connectivity index (χ0n) is 18.8. The summed E-state index contributed by atoms with van der Waals surface area (Å²) >= 11 is 1.45. The molecule has 4 aromatic rings. The van der Waals surface area contributed by atoms with Crippen LogP contribution in [0, 0.1) is 13.8 Å². The standard InChI is InChI=1S/C27H25N3O2S/c1-18-9-7-10-19(2)25(18)30-33-24-17-21(14-15-23(24)32-3)29-27(31)26-22(13-8-16-28-26)20-11-5-4-6-12-20/h4-17,30H,1-3H3,(H,29,31). The number of amides is 1. The number of nitrogens with zero attached hydrogens (tertiary/aromatic N) is 1.